The highest BCUT2D eigenvalue weighted by atomic mass is 35.5. The summed E-state index contributed by atoms with van der Waals surface area (Å²) in [6.07, 6.45) is 7.56. The summed E-state index contributed by atoms with van der Waals surface area (Å²) >= 11 is 6.04. The average Bonchev–Trinajstić information content (AvgIpc) is 2.38. The Morgan fingerprint density at radius 1 is 1.14 bits per heavy atom. The van der Waals surface area contributed by atoms with Gasteiger partial charge in [0, 0.05) is 16.8 Å². The van der Waals surface area contributed by atoms with Crippen LogP contribution in [0.25, 0.3) is 0 Å². The number of nitrogens with one attached hydrogen (secondary N) is 1. The van der Waals surface area contributed by atoms with Gasteiger partial charge in [-0.2, -0.15) is 0 Å². The average molecular weight is 331 g/mol. The van der Waals surface area contributed by atoms with Crippen LogP contribution in [0.3, 0.4) is 0 Å². The highest BCUT2D eigenvalue weighted by molar-refractivity contribution is 7.89. The molecule has 1 aromatic carbocycles. The van der Waals surface area contributed by atoms with Gasteiger partial charge in [0.2, 0.25) is 10.0 Å². The first-order chi connectivity index (χ1) is 9.90. The molecule has 0 spiro atoms. The van der Waals surface area contributed by atoms with E-state index in [0.717, 1.165) is 25.7 Å². The molecule has 0 heterocycles. The minimum atomic E-state index is -3.56. The third-order valence-electron chi connectivity index (χ3n) is 4.10. The zero-order valence-corrected chi connectivity index (χ0v) is 13.9. The topological polar surface area (TPSA) is 72.2 Å². The van der Waals surface area contributed by atoms with E-state index < -0.39 is 10.0 Å². The summed E-state index contributed by atoms with van der Waals surface area (Å²) in [4.78, 5) is 0.151. The number of rotatable bonds is 3. The fraction of sp³-hybridized carbons (Fsp3) is 0.600. The van der Waals surface area contributed by atoms with E-state index in [1.165, 1.54) is 31.4 Å². The van der Waals surface area contributed by atoms with Gasteiger partial charge in [-0.05, 0) is 37.5 Å². The first-order valence-electron chi connectivity index (χ1n) is 7.48. The van der Waals surface area contributed by atoms with Gasteiger partial charge in [0.1, 0.15) is 0 Å². The van der Waals surface area contributed by atoms with Crippen LogP contribution in [0.1, 0.15) is 50.5 Å². The zero-order chi connectivity index (χ0) is 15.5. The number of sulfonamides is 1. The summed E-state index contributed by atoms with van der Waals surface area (Å²) in [5.74, 6) is 0. The van der Waals surface area contributed by atoms with Gasteiger partial charge in [-0.1, -0.05) is 43.7 Å². The molecule has 4 nitrogen and oxygen atoms in total. The molecule has 0 unspecified atom stereocenters. The van der Waals surface area contributed by atoms with E-state index in [2.05, 4.69) is 4.72 Å². The van der Waals surface area contributed by atoms with E-state index in [9.17, 15) is 8.42 Å². The Bertz CT molecular complexity index is 571. The third-order valence-corrected chi connectivity index (χ3v) is 5.99. The number of hydrogen-bond donors (Lipinski definition) is 2. The molecule has 1 aliphatic carbocycles. The highest BCUT2D eigenvalue weighted by Crippen LogP contribution is 2.26. The SMILES string of the molecule is Cc1c(N)cc(S(=O)(=O)NC2CCCCCCC2)cc1Cl. The van der Waals surface area contributed by atoms with Crippen molar-refractivity contribution in [2.24, 2.45) is 0 Å². The van der Waals surface area contributed by atoms with Gasteiger partial charge in [0.05, 0.1) is 4.90 Å². The van der Waals surface area contributed by atoms with Crippen LogP contribution in [0.15, 0.2) is 17.0 Å². The molecule has 118 valence electrons. The molecule has 0 atom stereocenters. The molecule has 0 aliphatic heterocycles. The lowest BCUT2D eigenvalue weighted by Gasteiger charge is -2.21. The molecule has 0 amide bonds. The molecule has 0 saturated heterocycles. The molecule has 3 N–H and O–H groups in total. The summed E-state index contributed by atoms with van der Waals surface area (Å²) in [5.41, 5.74) is 6.93. The first kappa shape index (κ1) is 16.6. The number of benzene rings is 1. The summed E-state index contributed by atoms with van der Waals surface area (Å²) in [5, 5.41) is 0.382. The van der Waals surface area contributed by atoms with Crippen molar-refractivity contribution >= 4 is 27.3 Å². The van der Waals surface area contributed by atoms with E-state index in [4.69, 9.17) is 17.3 Å². The Morgan fingerprint density at radius 3 is 2.29 bits per heavy atom. The molecule has 2 rings (SSSR count). The van der Waals surface area contributed by atoms with Crippen LogP contribution in [0, 0.1) is 6.92 Å². The second-order valence-corrected chi connectivity index (χ2v) is 7.90. The molecule has 1 aromatic rings. The Kier molecular flexibility index (Phi) is 5.52. The van der Waals surface area contributed by atoms with E-state index >= 15 is 0 Å². The van der Waals surface area contributed by atoms with Gasteiger partial charge >= 0.3 is 0 Å². The van der Waals surface area contributed by atoms with Crippen LogP contribution in [0.2, 0.25) is 5.02 Å². The maximum Gasteiger partial charge on any atom is 0.240 e. The van der Waals surface area contributed by atoms with E-state index in [-0.39, 0.29) is 10.9 Å². The summed E-state index contributed by atoms with van der Waals surface area (Å²) in [7, 11) is -3.56. The fourth-order valence-electron chi connectivity index (χ4n) is 2.69. The van der Waals surface area contributed by atoms with Gasteiger partial charge in [-0.15, -0.1) is 0 Å². The van der Waals surface area contributed by atoms with Gasteiger partial charge < -0.3 is 5.73 Å². The summed E-state index contributed by atoms with van der Waals surface area (Å²) in [6.45, 7) is 1.77. The van der Waals surface area contributed by atoms with Gasteiger partial charge in [-0.25, -0.2) is 13.1 Å². The van der Waals surface area contributed by atoms with Crippen LogP contribution in [0.4, 0.5) is 5.69 Å². The van der Waals surface area contributed by atoms with E-state index in [0.29, 0.717) is 16.3 Å². The molecular weight excluding hydrogens is 308 g/mol. The normalized spacial score (nSPS) is 18.2. The van der Waals surface area contributed by atoms with Crippen molar-refractivity contribution in [2.45, 2.75) is 62.8 Å². The summed E-state index contributed by atoms with van der Waals surface area (Å²) in [6, 6.07) is 2.96. The molecule has 1 aliphatic rings. The predicted octanol–water partition coefficient (Wildman–Crippen LogP) is 3.62. The second kappa shape index (κ2) is 6.99. The van der Waals surface area contributed by atoms with E-state index in [1.54, 1.807) is 6.92 Å². The third kappa shape index (κ3) is 4.34. The molecule has 0 radical (unpaired) electrons. The van der Waals surface area contributed by atoms with Crippen molar-refractivity contribution in [2.75, 3.05) is 5.73 Å². The smallest absolute Gasteiger partial charge is 0.240 e. The maximum absolute atomic E-state index is 12.5. The quantitative estimate of drug-likeness (QED) is 0.831. The molecular formula is C15H23ClN2O2S. The lowest BCUT2D eigenvalue weighted by Crippen LogP contribution is -2.35. The van der Waals surface area contributed by atoms with Crippen LogP contribution in [0.5, 0.6) is 0 Å². The van der Waals surface area contributed by atoms with Crippen LogP contribution < -0.4 is 10.5 Å². The van der Waals surface area contributed by atoms with Gasteiger partial charge in [0.15, 0.2) is 0 Å². The van der Waals surface area contributed by atoms with Crippen molar-refractivity contribution in [3.8, 4) is 0 Å². The lowest BCUT2D eigenvalue weighted by molar-refractivity contribution is 0.426. The Hall–Kier alpha value is -0.780. The number of hydrogen-bond acceptors (Lipinski definition) is 3. The molecule has 0 aromatic heterocycles. The van der Waals surface area contributed by atoms with Crippen LogP contribution >= 0.6 is 11.6 Å². The number of anilines is 1. The van der Waals surface area contributed by atoms with Crippen LogP contribution in [-0.2, 0) is 10.0 Å². The Labute approximate surface area is 132 Å². The van der Waals surface area contributed by atoms with Crippen LogP contribution in [-0.4, -0.2) is 14.5 Å². The van der Waals surface area contributed by atoms with E-state index in [1.807, 2.05) is 0 Å². The van der Waals surface area contributed by atoms with Gasteiger partial charge in [0.25, 0.3) is 0 Å². The summed E-state index contributed by atoms with van der Waals surface area (Å²) < 4.78 is 27.8. The monoisotopic (exact) mass is 330 g/mol. The maximum atomic E-state index is 12.5. The Morgan fingerprint density at radius 2 is 1.71 bits per heavy atom. The first-order valence-corrected chi connectivity index (χ1v) is 9.34. The standard InChI is InChI=1S/C15H23ClN2O2S/c1-11-14(16)9-13(10-15(11)17)21(19,20)18-12-7-5-3-2-4-6-8-12/h9-10,12,18H,2-8,17H2,1H3. The number of nitrogen functional groups attached to an aromatic ring is 1. The minimum absolute atomic E-state index is 0.0107. The highest BCUT2D eigenvalue weighted by Gasteiger charge is 2.22. The molecule has 21 heavy (non-hydrogen) atoms. The molecule has 1 saturated carbocycles. The van der Waals surface area contributed by atoms with Crippen molar-refractivity contribution in [1.82, 2.24) is 4.72 Å². The minimum Gasteiger partial charge on any atom is -0.398 e. The molecule has 6 heteroatoms. The van der Waals surface area contributed by atoms with Crippen molar-refractivity contribution < 1.29 is 8.42 Å². The lowest BCUT2D eigenvalue weighted by atomic mass is 9.97. The fourth-order valence-corrected chi connectivity index (χ4v) is 4.35. The van der Waals surface area contributed by atoms with Crippen molar-refractivity contribution in [3.63, 3.8) is 0 Å². The molecule has 1 fully saturated rings. The van der Waals surface area contributed by atoms with Crippen molar-refractivity contribution in [3.05, 3.63) is 22.7 Å². The Balaban J connectivity index is 2.17. The van der Waals surface area contributed by atoms with Gasteiger partial charge in [-0.3, -0.25) is 0 Å². The number of nitrogens with two attached hydrogens (primary N) is 1. The zero-order valence-electron chi connectivity index (χ0n) is 12.4. The second-order valence-electron chi connectivity index (χ2n) is 5.78. The molecule has 0 bridgehead atoms. The largest absolute Gasteiger partial charge is 0.398 e. The van der Waals surface area contributed by atoms with Crippen molar-refractivity contribution in [1.29, 1.82) is 0 Å². The number of halogens is 1. The predicted molar refractivity (Wildman–Crippen MR) is 87.0 cm³/mol.